The molecule has 0 spiro atoms. The zero-order chi connectivity index (χ0) is 11.1. The van der Waals surface area contributed by atoms with E-state index in [9.17, 15) is 4.79 Å². The summed E-state index contributed by atoms with van der Waals surface area (Å²) < 4.78 is 5.22. The standard InChI is InChI=1S/C11H20N2O2/c1-3-9(2)12-8-11(14)13-10-4-6-15-7-5-10/h3,9-10,12H,1,4-8H2,2H3,(H,13,14). The highest BCUT2D eigenvalue weighted by molar-refractivity contribution is 5.78. The first kappa shape index (κ1) is 12.2. The van der Waals surface area contributed by atoms with Crippen LogP contribution in [0.1, 0.15) is 19.8 Å². The summed E-state index contributed by atoms with van der Waals surface area (Å²) in [5, 5.41) is 6.04. The van der Waals surface area contributed by atoms with E-state index in [0.29, 0.717) is 6.54 Å². The maximum atomic E-state index is 11.5. The molecule has 1 aliphatic heterocycles. The minimum Gasteiger partial charge on any atom is -0.381 e. The lowest BCUT2D eigenvalue weighted by molar-refractivity contribution is -0.121. The summed E-state index contributed by atoms with van der Waals surface area (Å²) >= 11 is 0. The van der Waals surface area contributed by atoms with E-state index in [4.69, 9.17) is 4.74 Å². The summed E-state index contributed by atoms with van der Waals surface area (Å²) in [5.74, 6) is 0.0515. The van der Waals surface area contributed by atoms with E-state index in [1.165, 1.54) is 0 Å². The molecule has 4 nitrogen and oxygen atoms in total. The Morgan fingerprint density at radius 1 is 1.60 bits per heavy atom. The maximum Gasteiger partial charge on any atom is 0.234 e. The predicted molar refractivity (Wildman–Crippen MR) is 59.6 cm³/mol. The average Bonchev–Trinajstić information content (AvgIpc) is 2.27. The lowest BCUT2D eigenvalue weighted by Gasteiger charge is -2.23. The van der Waals surface area contributed by atoms with Crippen LogP contribution in [0.25, 0.3) is 0 Å². The van der Waals surface area contributed by atoms with Crippen molar-refractivity contribution in [3.05, 3.63) is 12.7 Å². The highest BCUT2D eigenvalue weighted by Crippen LogP contribution is 2.05. The van der Waals surface area contributed by atoms with Crippen molar-refractivity contribution in [3.8, 4) is 0 Å². The molecular formula is C11H20N2O2. The third-order valence-electron chi connectivity index (χ3n) is 2.52. The van der Waals surface area contributed by atoms with Crippen molar-refractivity contribution in [2.75, 3.05) is 19.8 Å². The van der Waals surface area contributed by atoms with E-state index in [1.54, 1.807) is 6.08 Å². The second kappa shape index (κ2) is 6.58. The van der Waals surface area contributed by atoms with Crippen molar-refractivity contribution in [3.63, 3.8) is 0 Å². The molecule has 1 amide bonds. The van der Waals surface area contributed by atoms with Crippen LogP contribution in [0.15, 0.2) is 12.7 Å². The summed E-state index contributed by atoms with van der Waals surface area (Å²) in [6, 6.07) is 0.456. The van der Waals surface area contributed by atoms with Gasteiger partial charge < -0.3 is 15.4 Å². The van der Waals surface area contributed by atoms with Crippen LogP contribution in [-0.2, 0) is 9.53 Å². The van der Waals surface area contributed by atoms with Crippen LogP contribution in [0.2, 0.25) is 0 Å². The molecule has 1 heterocycles. The second-order valence-electron chi connectivity index (χ2n) is 3.86. The van der Waals surface area contributed by atoms with Gasteiger partial charge in [-0.25, -0.2) is 0 Å². The van der Waals surface area contributed by atoms with Gasteiger partial charge in [-0.1, -0.05) is 6.08 Å². The number of hydrogen-bond acceptors (Lipinski definition) is 3. The molecule has 1 atom stereocenters. The number of nitrogens with one attached hydrogen (secondary N) is 2. The van der Waals surface area contributed by atoms with Crippen LogP contribution < -0.4 is 10.6 Å². The summed E-state index contributed by atoms with van der Waals surface area (Å²) in [6.07, 6.45) is 3.62. The average molecular weight is 212 g/mol. The van der Waals surface area contributed by atoms with Gasteiger partial charge in [-0.3, -0.25) is 4.79 Å². The van der Waals surface area contributed by atoms with E-state index in [2.05, 4.69) is 17.2 Å². The van der Waals surface area contributed by atoms with Crippen LogP contribution in [0, 0.1) is 0 Å². The molecule has 1 rings (SSSR count). The fourth-order valence-electron chi connectivity index (χ4n) is 1.46. The molecule has 1 aliphatic rings. The number of hydrogen-bond donors (Lipinski definition) is 2. The van der Waals surface area contributed by atoms with Gasteiger partial charge in [-0.05, 0) is 19.8 Å². The zero-order valence-corrected chi connectivity index (χ0v) is 9.29. The number of carbonyl (C=O) groups excluding carboxylic acids is 1. The molecule has 0 aromatic heterocycles. The van der Waals surface area contributed by atoms with Crippen LogP contribution in [0.3, 0.4) is 0 Å². The molecule has 0 aromatic rings. The van der Waals surface area contributed by atoms with Crippen molar-refractivity contribution in [2.45, 2.75) is 31.8 Å². The smallest absolute Gasteiger partial charge is 0.234 e. The normalized spacial score (nSPS) is 19.5. The van der Waals surface area contributed by atoms with E-state index in [0.717, 1.165) is 26.1 Å². The molecule has 1 unspecified atom stereocenters. The minimum absolute atomic E-state index is 0.0515. The number of rotatable bonds is 5. The second-order valence-corrected chi connectivity index (χ2v) is 3.86. The van der Waals surface area contributed by atoms with Gasteiger partial charge in [0.05, 0.1) is 6.54 Å². The first-order valence-electron chi connectivity index (χ1n) is 5.45. The first-order chi connectivity index (χ1) is 7.22. The Morgan fingerprint density at radius 2 is 2.27 bits per heavy atom. The van der Waals surface area contributed by atoms with Gasteiger partial charge in [0, 0.05) is 25.3 Å². The molecule has 1 saturated heterocycles. The lowest BCUT2D eigenvalue weighted by Crippen LogP contribution is -2.44. The molecule has 4 heteroatoms. The van der Waals surface area contributed by atoms with Gasteiger partial charge in [0.25, 0.3) is 0 Å². The van der Waals surface area contributed by atoms with Gasteiger partial charge in [-0.15, -0.1) is 6.58 Å². The van der Waals surface area contributed by atoms with Gasteiger partial charge in [0.2, 0.25) is 5.91 Å². The number of carbonyl (C=O) groups is 1. The van der Waals surface area contributed by atoms with Crippen molar-refractivity contribution >= 4 is 5.91 Å². The third-order valence-corrected chi connectivity index (χ3v) is 2.52. The molecule has 15 heavy (non-hydrogen) atoms. The van der Waals surface area contributed by atoms with Crippen molar-refractivity contribution in [1.29, 1.82) is 0 Å². The summed E-state index contributed by atoms with van der Waals surface area (Å²) in [5.41, 5.74) is 0. The molecule has 86 valence electrons. The molecule has 0 saturated carbocycles. The van der Waals surface area contributed by atoms with E-state index in [-0.39, 0.29) is 18.0 Å². The molecule has 1 fully saturated rings. The maximum absolute atomic E-state index is 11.5. The number of ether oxygens (including phenoxy) is 1. The van der Waals surface area contributed by atoms with Crippen LogP contribution in [0.4, 0.5) is 0 Å². The van der Waals surface area contributed by atoms with Crippen LogP contribution in [0.5, 0.6) is 0 Å². The fourth-order valence-corrected chi connectivity index (χ4v) is 1.46. The third kappa shape index (κ3) is 4.95. The molecule has 0 radical (unpaired) electrons. The quantitative estimate of drug-likeness (QED) is 0.650. The zero-order valence-electron chi connectivity index (χ0n) is 9.29. The highest BCUT2D eigenvalue weighted by atomic mass is 16.5. The van der Waals surface area contributed by atoms with E-state index < -0.39 is 0 Å². The molecule has 2 N–H and O–H groups in total. The highest BCUT2D eigenvalue weighted by Gasteiger charge is 2.15. The monoisotopic (exact) mass is 212 g/mol. The lowest BCUT2D eigenvalue weighted by atomic mass is 10.1. The Balaban J connectivity index is 2.14. The summed E-state index contributed by atoms with van der Waals surface area (Å²) in [6.45, 7) is 7.47. The topological polar surface area (TPSA) is 50.4 Å². The largest absolute Gasteiger partial charge is 0.381 e. The molecular weight excluding hydrogens is 192 g/mol. The Bertz CT molecular complexity index is 213. The van der Waals surface area contributed by atoms with E-state index >= 15 is 0 Å². The first-order valence-corrected chi connectivity index (χ1v) is 5.45. The van der Waals surface area contributed by atoms with E-state index in [1.807, 2.05) is 6.92 Å². The molecule has 0 aliphatic carbocycles. The van der Waals surface area contributed by atoms with Gasteiger partial charge in [0.1, 0.15) is 0 Å². The predicted octanol–water partition coefficient (Wildman–Crippen LogP) is 0.446. The minimum atomic E-state index is 0.0515. The van der Waals surface area contributed by atoms with Crippen molar-refractivity contribution < 1.29 is 9.53 Å². The fraction of sp³-hybridized carbons (Fsp3) is 0.727. The Hall–Kier alpha value is -0.870. The van der Waals surface area contributed by atoms with Gasteiger partial charge in [-0.2, -0.15) is 0 Å². The van der Waals surface area contributed by atoms with Gasteiger partial charge in [0.15, 0.2) is 0 Å². The number of amides is 1. The van der Waals surface area contributed by atoms with Crippen molar-refractivity contribution in [1.82, 2.24) is 10.6 Å². The summed E-state index contributed by atoms with van der Waals surface area (Å²) in [4.78, 5) is 11.5. The van der Waals surface area contributed by atoms with Crippen LogP contribution in [-0.4, -0.2) is 37.7 Å². The van der Waals surface area contributed by atoms with Gasteiger partial charge >= 0.3 is 0 Å². The Morgan fingerprint density at radius 3 is 2.87 bits per heavy atom. The Labute approximate surface area is 91.1 Å². The molecule has 0 bridgehead atoms. The molecule has 0 aromatic carbocycles. The van der Waals surface area contributed by atoms with Crippen LogP contribution >= 0.6 is 0 Å². The van der Waals surface area contributed by atoms with Crippen molar-refractivity contribution in [2.24, 2.45) is 0 Å². The summed E-state index contributed by atoms with van der Waals surface area (Å²) in [7, 11) is 0. The SMILES string of the molecule is C=CC(C)NCC(=O)NC1CCOCC1. The Kier molecular flexibility index (Phi) is 5.36.